The fourth-order valence-corrected chi connectivity index (χ4v) is 2.43. The molecule has 1 atom stereocenters. The Morgan fingerprint density at radius 3 is 2.56 bits per heavy atom. The van der Waals surface area contributed by atoms with Crippen molar-refractivity contribution in [1.82, 2.24) is 10.6 Å². The van der Waals surface area contributed by atoms with E-state index in [4.69, 9.17) is 21.1 Å². The Morgan fingerprint density at radius 2 is 1.88 bits per heavy atom. The molecule has 2 aromatic rings. The van der Waals surface area contributed by atoms with Gasteiger partial charge in [-0.1, -0.05) is 35.9 Å². The van der Waals surface area contributed by atoms with Crippen molar-refractivity contribution in [3.8, 4) is 11.5 Å². The fourth-order valence-electron chi connectivity index (χ4n) is 2.24. The van der Waals surface area contributed by atoms with Gasteiger partial charge in [-0.05, 0) is 43.2 Å². The number of urea groups is 1. The van der Waals surface area contributed by atoms with Crippen LogP contribution in [0.15, 0.2) is 48.5 Å². The van der Waals surface area contributed by atoms with Gasteiger partial charge in [0.1, 0.15) is 11.5 Å². The third kappa shape index (κ3) is 6.19. The molecule has 0 saturated heterocycles. The highest BCUT2D eigenvalue weighted by molar-refractivity contribution is 6.32. The second kappa shape index (κ2) is 9.79. The summed E-state index contributed by atoms with van der Waals surface area (Å²) in [7, 11) is 1.62. The van der Waals surface area contributed by atoms with E-state index in [0.29, 0.717) is 30.3 Å². The van der Waals surface area contributed by atoms with Crippen LogP contribution >= 0.6 is 11.6 Å². The Morgan fingerprint density at radius 1 is 1.16 bits per heavy atom. The maximum absolute atomic E-state index is 11.9. The van der Waals surface area contributed by atoms with E-state index < -0.39 is 0 Å². The molecule has 0 aromatic heterocycles. The van der Waals surface area contributed by atoms with Crippen molar-refractivity contribution in [2.45, 2.75) is 19.4 Å². The molecule has 2 N–H and O–H groups in total. The van der Waals surface area contributed by atoms with Gasteiger partial charge in [-0.25, -0.2) is 4.79 Å². The van der Waals surface area contributed by atoms with Crippen LogP contribution in [0, 0.1) is 0 Å². The number of rotatable bonds is 8. The lowest BCUT2D eigenvalue weighted by atomic mass is 10.1. The summed E-state index contributed by atoms with van der Waals surface area (Å²) >= 11 is 6.01. The van der Waals surface area contributed by atoms with E-state index >= 15 is 0 Å². The maximum atomic E-state index is 11.9. The number of ether oxygens (including phenoxy) is 2. The summed E-state index contributed by atoms with van der Waals surface area (Å²) in [6, 6.07) is 14.6. The molecule has 1 unspecified atom stereocenters. The topological polar surface area (TPSA) is 59.6 Å². The molecule has 0 aliphatic heterocycles. The summed E-state index contributed by atoms with van der Waals surface area (Å²) in [6.07, 6.45) is 0.690. The summed E-state index contributed by atoms with van der Waals surface area (Å²) < 4.78 is 10.7. The number of hydrogen-bond acceptors (Lipinski definition) is 3. The van der Waals surface area contributed by atoms with Crippen molar-refractivity contribution in [2.24, 2.45) is 0 Å². The molecule has 2 rings (SSSR count). The SMILES string of the molecule is COc1ccc(C(C)NC(=O)NCCCOc2ccccc2Cl)cc1. The van der Waals surface area contributed by atoms with Gasteiger partial charge >= 0.3 is 6.03 Å². The number of benzene rings is 2. The first-order valence-corrected chi connectivity index (χ1v) is 8.53. The van der Waals surface area contributed by atoms with Crippen LogP contribution in [0.4, 0.5) is 4.79 Å². The average molecular weight is 363 g/mol. The summed E-state index contributed by atoms with van der Waals surface area (Å²) in [5.41, 5.74) is 1.01. The van der Waals surface area contributed by atoms with E-state index in [1.54, 1.807) is 13.2 Å². The van der Waals surface area contributed by atoms with Gasteiger partial charge in [0.05, 0.1) is 24.8 Å². The maximum Gasteiger partial charge on any atom is 0.315 e. The minimum Gasteiger partial charge on any atom is -0.497 e. The van der Waals surface area contributed by atoms with Crippen molar-refractivity contribution in [2.75, 3.05) is 20.3 Å². The Bertz CT molecular complexity index is 677. The Labute approximate surface area is 153 Å². The van der Waals surface area contributed by atoms with Gasteiger partial charge < -0.3 is 20.1 Å². The Hall–Kier alpha value is -2.40. The number of methoxy groups -OCH3 is 1. The smallest absolute Gasteiger partial charge is 0.315 e. The lowest BCUT2D eigenvalue weighted by Crippen LogP contribution is -2.37. The van der Waals surface area contributed by atoms with Crippen molar-refractivity contribution in [3.63, 3.8) is 0 Å². The molecule has 6 heteroatoms. The number of hydrogen-bond donors (Lipinski definition) is 2. The van der Waals surface area contributed by atoms with Gasteiger partial charge in [0.2, 0.25) is 0 Å². The predicted molar refractivity (Wildman–Crippen MR) is 99.5 cm³/mol. The normalized spacial score (nSPS) is 11.5. The van der Waals surface area contributed by atoms with E-state index in [1.165, 1.54) is 0 Å². The second-order valence-electron chi connectivity index (χ2n) is 5.53. The molecule has 0 heterocycles. The van der Waals surface area contributed by atoms with E-state index in [1.807, 2.05) is 49.4 Å². The van der Waals surface area contributed by atoms with E-state index in [0.717, 1.165) is 11.3 Å². The van der Waals surface area contributed by atoms with Crippen molar-refractivity contribution >= 4 is 17.6 Å². The number of para-hydroxylation sites is 1. The lowest BCUT2D eigenvalue weighted by Gasteiger charge is -2.15. The number of carbonyl (C=O) groups is 1. The summed E-state index contributed by atoms with van der Waals surface area (Å²) in [5, 5.41) is 6.30. The molecule has 25 heavy (non-hydrogen) atoms. The summed E-state index contributed by atoms with van der Waals surface area (Å²) in [4.78, 5) is 11.9. The van der Waals surface area contributed by atoms with Gasteiger partial charge in [-0.2, -0.15) is 0 Å². The van der Waals surface area contributed by atoms with Crippen molar-refractivity contribution < 1.29 is 14.3 Å². The van der Waals surface area contributed by atoms with Crippen LogP contribution in [0.25, 0.3) is 0 Å². The van der Waals surface area contributed by atoms with Gasteiger partial charge in [-0.15, -0.1) is 0 Å². The van der Waals surface area contributed by atoms with Crippen LogP contribution in [0.5, 0.6) is 11.5 Å². The molecule has 0 aliphatic carbocycles. The molecule has 2 amide bonds. The minimum absolute atomic E-state index is 0.0923. The highest BCUT2D eigenvalue weighted by atomic mass is 35.5. The van der Waals surface area contributed by atoms with Crippen molar-refractivity contribution in [3.05, 3.63) is 59.1 Å². The molecule has 0 spiro atoms. The van der Waals surface area contributed by atoms with Crippen LogP contribution in [0.3, 0.4) is 0 Å². The zero-order chi connectivity index (χ0) is 18.1. The molecule has 0 fully saturated rings. The van der Waals surface area contributed by atoms with E-state index in [9.17, 15) is 4.79 Å². The first kappa shape index (κ1) is 18.9. The zero-order valence-corrected chi connectivity index (χ0v) is 15.2. The van der Waals surface area contributed by atoms with Gasteiger partial charge in [0, 0.05) is 6.54 Å². The molecule has 0 radical (unpaired) electrons. The summed E-state index contributed by atoms with van der Waals surface area (Å²) in [5.74, 6) is 1.45. The highest BCUT2D eigenvalue weighted by Gasteiger charge is 2.09. The standard InChI is InChI=1S/C19H23ClN2O3/c1-14(15-8-10-16(24-2)11-9-15)22-19(23)21-12-5-13-25-18-7-4-3-6-17(18)20/h3-4,6-11,14H,5,12-13H2,1-2H3,(H2,21,22,23). The van der Waals surface area contributed by atoms with E-state index in [2.05, 4.69) is 10.6 Å². The quantitative estimate of drug-likeness (QED) is 0.692. The fraction of sp³-hybridized carbons (Fsp3) is 0.316. The minimum atomic E-state index is -0.207. The molecule has 0 saturated carbocycles. The molecule has 5 nitrogen and oxygen atoms in total. The third-order valence-electron chi connectivity index (χ3n) is 3.66. The third-order valence-corrected chi connectivity index (χ3v) is 3.98. The van der Waals surface area contributed by atoms with Gasteiger partial charge in [0.15, 0.2) is 0 Å². The van der Waals surface area contributed by atoms with Crippen LogP contribution in [-0.2, 0) is 0 Å². The molecular formula is C19H23ClN2O3. The first-order chi connectivity index (χ1) is 12.1. The Kier molecular flexibility index (Phi) is 7.41. The average Bonchev–Trinajstić information content (AvgIpc) is 2.63. The first-order valence-electron chi connectivity index (χ1n) is 8.16. The van der Waals surface area contributed by atoms with Crippen LogP contribution < -0.4 is 20.1 Å². The molecule has 0 aliphatic rings. The monoisotopic (exact) mass is 362 g/mol. The largest absolute Gasteiger partial charge is 0.497 e. The number of halogens is 1. The van der Waals surface area contributed by atoms with Gasteiger partial charge in [-0.3, -0.25) is 0 Å². The second-order valence-corrected chi connectivity index (χ2v) is 5.93. The number of amides is 2. The van der Waals surface area contributed by atoms with Crippen LogP contribution in [0.1, 0.15) is 24.9 Å². The lowest BCUT2D eigenvalue weighted by molar-refractivity contribution is 0.236. The van der Waals surface area contributed by atoms with Gasteiger partial charge in [0.25, 0.3) is 0 Å². The highest BCUT2D eigenvalue weighted by Crippen LogP contribution is 2.23. The van der Waals surface area contributed by atoms with Crippen LogP contribution in [-0.4, -0.2) is 26.3 Å². The number of nitrogens with one attached hydrogen (secondary N) is 2. The molecule has 134 valence electrons. The molecular weight excluding hydrogens is 340 g/mol. The van der Waals surface area contributed by atoms with Crippen LogP contribution in [0.2, 0.25) is 5.02 Å². The van der Waals surface area contributed by atoms with E-state index in [-0.39, 0.29) is 12.1 Å². The summed E-state index contributed by atoms with van der Waals surface area (Å²) in [6.45, 7) is 2.94. The molecule has 2 aromatic carbocycles. The predicted octanol–water partition coefficient (Wildman–Crippen LogP) is 4.18. The Balaban J connectivity index is 1.65. The molecule has 0 bridgehead atoms. The van der Waals surface area contributed by atoms with Crippen molar-refractivity contribution in [1.29, 1.82) is 0 Å². The zero-order valence-electron chi connectivity index (χ0n) is 14.4. The number of carbonyl (C=O) groups excluding carboxylic acids is 1.